The number of unbranched alkanes of at least 4 members (excludes halogenated alkanes) is 2. The van der Waals surface area contributed by atoms with Crippen molar-refractivity contribution in [2.75, 3.05) is 0 Å². The summed E-state index contributed by atoms with van der Waals surface area (Å²) >= 11 is 3.12. The molecule has 0 unspecified atom stereocenters. The third-order valence-corrected chi connectivity index (χ3v) is 5.18. The van der Waals surface area contributed by atoms with Crippen molar-refractivity contribution in [3.63, 3.8) is 0 Å². The fourth-order valence-electron chi connectivity index (χ4n) is 2.98. The summed E-state index contributed by atoms with van der Waals surface area (Å²) in [6, 6.07) is 10.3. The first-order chi connectivity index (χ1) is 14.4. The molecule has 0 saturated carbocycles. The number of benzene rings is 2. The van der Waals surface area contributed by atoms with Crippen LogP contribution in [0, 0.1) is 5.82 Å². The van der Waals surface area contributed by atoms with Gasteiger partial charge in [-0.1, -0.05) is 38.0 Å². The van der Waals surface area contributed by atoms with Crippen molar-refractivity contribution >= 4 is 38.5 Å². The van der Waals surface area contributed by atoms with Crippen LogP contribution in [0.15, 0.2) is 51.7 Å². The Morgan fingerprint density at radius 1 is 1.07 bits per heavy atom. The van der Waals surface area contributed by atoms with Gasteiger partial charge < -0.3 is 0 Å². The summed E-state index contributed by atoms with van der Waals surface area (Å²) in [5, 5.41) is 5.00. The monoisotopic (exact) mass is 474 g/mol. The number of aromatic nitrogens is 2. The van der Waals surface area contributed by atoms with Crippen molar-refractivity contribution in [3.05, 3.63) is 74.4 Å². The zero-order valence-corrected chi connectivity index (χ0v) is 17.8. The van der Waals surface area contributed by atoms with Crippen LogP contribution in [0.4, 0.5) is 4.39 Å². The van der Waals surface area contributed by atoms with E-state index in [1.165, 1.54) is 10.7 Å². The summed E-state index contributed by atoms with van der Waals surface area (Å²) in [6.45, 7) is 2.45. The highest BCUT2D eigenvalue weighted by molar-refractivity contribution is 9.10. The van der Waals surface area contributed by atoms with Gasteiger partial charge in [-0.15, -0.1) is 0 Å². The second kappa shape index (κ2) is 9.62. The Labute approximate surface area is 180 Å². The number of amides is 2. The molecule has 7 nitrogen and oxygen atoms in total. The summed E-state index contributed by atoms with van der Waals surface area (Å²) in [5.41, 5.74) is 4.52. The van der Waals surface area contributed by atoms with Gasteiger partial charge in [0.25, 0.3) is 17.4 Å². The maximum Gasteiger partial charge on any atom is 0.290 e. The third-order valence-electron chi connectivity index (χ3n) is 4.52. The average molecular weight is 475 g/mol. The molecule has 3 rings (SSSR count). The normalized spacial score (nSPS) is 10.8. The number of carbonyl (C=O) groups is 2. The molecule has 1 aromatic heterocycles. The number of nitrogens with zero attached hydrogens (tertiary/aromatic N) is 2. The van der Waals surface area contributed by atoms with Crippen molar-refractivity contribution < 1.29 is 14.0 Å². The minimum absolute atomic E-state index is 0.0279. The van der Waals surface area contributed by atoms with Crippen LogP contribution >= 0.6 is 15.9 Å². The van der Waals surface area contributed by atoms with Gasteiger partial charge in [0.1, 0.15) is 5.82 Å². The average Bonchev–Trinajstić information content (AvgIpc) is 2.73. The van der Waals surface area contributed by atoms with Gasteiger partial charge >= 0.3 is 0 Å². The van der Waals surface area contributed by atoms with Crippen molar-refractivity contribution in [1.29, 1.82) is 0 Å². The first kappa shape index (κ1) is 21.6. The Kier molecular flexibility index (Phi) is 6.94. The van der Waals surface area contributed by atoms with Crippen LogP contribution in [0.1, 0.15) is 47.0 Å². The zero-order valence-electron chi connectivity index (χ0n) is 16.2. The summed E-state index contributed by atoms with van der Waals surface area (Å²) in [4.78, 5) is 37.7. The maximum absolute atomic E-state index is 13.2. The Morgan fingerprint density at radius 2 is 1.77 bits per heavy atom. The molecule has 2 N–H and O–H groups in total. The zero-order chi connectivity index (χ0) is 21.7. The van der Waals surface area contributed by atoms with Crippen LogP contribution in [0.5, 0.6) is 0 Å². The maximum atomic E-state index is 13.2. The predicted molar refractivity (Wildman–Crippen MR) is 115 cm³/mol. The van der Waals surface area contributed by atoms with Gasteiger partial charge in [0.2, 0.25) is 0 Å². The van der Waals surface area contributed by atoms with Gasteiger partial charge in [-0.2, -0.15) is 5.10 Å². The number of hydrazine groups is 1. The van der Waals surface area contributed by atoms with Crippen molar-refractivity contribution in [3.8, 4) is 0 Å². The van der Waals surface area contributed by atoms with Crippen molar-refractivity contribution in [2.45, 2.75) is 32.7 Å². The molecule has 3 aromatic rings. The molecule has 0 bridgehead atoms. The third kappa shape index (κ3) is 4.73. The topological polar surface area (TPSA) is 93.1 Å². The van der Waals surface area contributed by atoms with E-state index in [1.54, 1.807) is 24.3 Å². The summed E-state index contributed by atoms with van der Waals surface area (Å²) in [6.07, 6.45) is 2.68. The van der Waals surface area contributed by atoms with Crippen LogP contribution in [-0.2, 0) is 6.54 Å². The largest absolute Gasteiger partial charge is 0.290 e. The number of halogens is 2. The molecule has 30 heavy (non-hydrogen) atoms. The van der Waals surface area contributed by atoms with E-state index < -0.39 is 17.6 Å². The molecular weight excluding hydrogens is 455 g/mol. The number of fused-ring (bicyclic) bond motifs is 1. The van der Waals surface area contributed by atoms with Crippen LogP contribution < -0.4 is 16.4 Å². The van der Waals surface area contributed by atoms with Crippen LogP contribution in [0.3, 0.4) is 0 Å². The van der Waals surface area contributed by atoms with E-state index >= 15 is 0 Å². The number of aryl methyl sites for hydroxylation is 1. The molecule has 2 aromatic carbocycles. The summed E-state index contributed by atoms with van der Waals surface area (Å²) in [7, 11) is 0. The molecule has 0 saturated heterocycles. The van der Waals surface area contributed by atoms with Crippen LogP contribution in [0.25, 0.3) is 10.8 Å². The molecule has 0 fully saturated rings. The van der Waals surface area contributed by atoms with Gasteiger partial charge in [-0.25, -0.2) is 9.07 Å². The lowest BCUT2D eigenvalue weighted by atomic mass is 10.1. The van der Waals surface area contributed by atoms with Gasteiger partial charge in [-0.3, -0.25) is 25.2 Å². The lowest BCUT2D eigenvalue weighted by Gasteiger charge is -2.12. The van der Waals surface area contributed by atoms with E-state index in [4.69, 9.17) is 0 Å². The summed E-state index contributed by atoms with van der Waals surface area (Å²) in [5.74, 6) is -1.79. The fraction of sp³-hybridized carbons (Fsp3) is 0.238. The molecule has 156 valence electrons. The van der Waals surface area contributed by atoms with Gasteiger partial charge in [0, 0.05) is 16.4 Å². The Balaban J connectivity index is 1.85. The number of hydrogen-bond donors (Lipinski definition) is 2. The number of rotatable bonds is 6. The van der Waals surface area contributed by atoms with E-state index in [-0.39, 0.29) is 21.3 Å². The quantitative estimate of drug-likeness (QED) is 0.421. The highest BCUT2D eigenvalue weighted by Gasteiger charge is 2.18. The number of carbonyl (C=O) groups excluding carboxylic acids is 2. The standard InChI is InChI=1S/C21H20BrFN4O3/c1-2-3-6-11-27-21(30)15-8-5-4-7-14(15)18(26-27)20(29)25-24-19(28)16-10-9-13(23)12-17(16)22/h4-5,7-10,12H,2-3,6,11H2,1H3,(H,24,28)(H,25,29). The van der Waals surface area contributed by atoms with E-state index in [9.17, 15) is 18.8 Å². The molecule has 0 spiro atoms. The predicted octanol–water partition coefficient (Wildman–Crippen LogP) is 3.56. The highest BCUT2D eigenvalue weighted by Crippen LogP contribution is 2.18. The lowest BCUT2D eigenvalue weighted by Crippen LogP contribution is -2.43. The molecule has 0 radical (unpaired) electrons. The first-order valence-electron chi connectivity index (χ1n) is 9.48. The smallest absolute Gasteiger partial charge is 0.267 e. The molecule has 0 aliphatic heterocycles. The molecule has 1 heterocycles. The van der Waals surface area contributed by atoms with E-state index in [2.05, 4.69) is 38.8 Å². The molecule has 2 amide bonds. The van der Waals surface area contributed by atoms with Gasteiger partial charge in [0.05, 0.1) is 10.9 Å². The van der Waals surface area contributed by atoms with Crippen LogP contribution in [-0.4, -0.2) is 21.6 Å². The molecule has 0 atom stereocenters. The molecule has 0 aliphatic rings. The van der Waals surface area contributed by atoms with E-state index in [1.807, 2.05) is 0 Å². The number of hydrogen-bond acceptors (Lipinski definition) is 4. The first-order valence-corrected chi connectivity index (χ1v) is 10.3. The minimum Gasteiger partial charge on any atom is -0.267 e. The highest BCUT2D eigenvalue weighted by atomic mass is 79.9. The molecule has 9 heteroatoms. The minimum atomic E-state index is -0.665. The Bertz CT molecular complexity index is 1160. The van der Waals surface area contributed by atoms with E-state index in [0.717, 1.165) is 31.4 Å². The number of nitrogens with one attached hydrogen (secondary N) is 2. The van der Waals surface area contributed by atoms with Crippen molar-refractivity contribution in [1.82, 2.24) is 20.6 Å². The Hall–Kier alpha value is -3.07. The van der Waals surface area contributed by atoms with Gasteiger partial charge in [-0.05, 0) is 46.6 Å². The Morgan fingerprint density at radius 3 is 2.47 bits per heavy atom. The summed E-state index contributed by atoms with van der Waals surface area (Å²) < 4.78 is 14.7. The van der Waals surface area contributed by atoms with Crippen molar-refractivity contribution in [2.24, 2.45) is 0 Å². The SMILES string of the molecule is CCCCCn1nc(C(=O)NNC(=O)c2ccc(F)cc2Br)c2ccccc2c1=O. The molecule has 0 aliphatic carbocycles. The molecular formula is C21H20BrFN4O3. The van der Waals surface area contributed by atoms with E-state index in [0.29, 0.717) is 17.3 Å². The van der Waals surface area contributed by atoms with Crippen LogP contribution in [0.2, 0.25) is 0 Å². The fourth-order valence-corrected chi connectivity index (χ4v) is 3.51. The second-order valence-electron chi connectivity index (χ2n) is 6.66. The lowest BCUT2D eigenvalue weighted by molar-refractivity contribution is 0.0843. The second-order valence-corrected chi connectivity index (χ2v) is 7.52. The van der Waals surface area contributed by atoms with Gasteiger partial charge in [0.15, 0.2) is 5.69 Å².